The highest BCUT2D eigenvalue weighted by molar-refractivity contribution is 5.70. The van der Waals surface area contributed by atoms with Crippen molar-refractivity contribution in [2.45, 2.75) is 12.6 Å². The van der Waals surface area contributed by atoms with Crippen LogP contribution in [0.25, 0.3) is 11.1 Å². The number of hydrogen-bond acceptors (Lipinski definition) is 1. The summed E-state index contributed by atoms with van der Waals surface area (Å²) in [6, 6.07) is 16.5. The molecule has 2 rings (SSSR count). The van der Waals surface area contributed by atoms with Crippen molar-refractivity contribution < 1.29 is 17.9 Å². The first-order valence-corrected chi connectivity index (χ1v) is 5.90. The number of alkyl halides is 3. The van der Waals surface area contributed by atoms with Gasteiger partial charge in [-0.1, -0.05) is 48.5 Å². The molecule has 0 radical (unpaired) electrons. The summed E-state index contributed by atoms with van der Waals surface area (Å²) in [4.78, 5) is 0. The van der Waals surface area contributed by atoms with E-state index in [1.807, 2.05) is 42.5 Å². The van der Waals surface area contributed by atoms with E-state index in [1.165, 1.54) is 0 Å². The summed E-state index contributed by atoms with van der Waals surface area (Å²) >= 11 is 0. The number of hydrogen-bond donors (Lipinski definition) is 0. The van der Waals surface area contributed by atoms with Gasteiger partial charge in [-0.2, -0.15) is 13.2 Å². The van der Waals surface area contributed by atoms with Crippen LogP contribution in [0.5, 0.6) is 5.75 Å². The summed E-state index contributed by atoms with van der Waals surface area (Å²) in [6.07, 6.45) is -5.14. The van der Waals surface area contributed by atoms with Crippen LogP contribution in [0.15, 0.2) is 54.6 Å². The topological polar surface area (TPSA) is 9.23 Å². The van der Waals surface area contributed by atoms with E-state index in [4.69, 9.17) is 4.74 Å². The van der Waals surface area contributed by atoms with E-state index >= 15 is 0 Å². The highest BCUT2D eigenvalue weighted by Gasteiger charge is 2.26. The van der Waals surface area contributed by atoms with Gasteiger partial charge in [0.2, 0.25) is 0 Å². The number of benzene rings is 2. The Kier molecular flexibility index (Phi) is 4.10. The lowest BCUT2D eigenvalue weighted by atomic mass is 10.1. The van der Waals surface area contributed by atoms with Crippen molar-refractivity contribution in [3.05, 3.63) is 54.6 Å². The Labute approximate surface area is 109 Å². The van der Waals surface area contributed by atoms with E-state index in [0.29, 0.717) is 5.75 Å². The molecule has 0 saturated heterocycles. The molecular formula is C15H13F3O. The Bertz CT molecular complexity index is 520. The van der Waals surface area contributed by atoms with Crippen LogP contribution < -0.4 is 4.74 Å². The van der Waals surface area contributed by atoms with Crippen molar-refractivity contribution in [2.24, 2.45) is 0 Å². The molecular weight excluding hydrogens is 253 g/mol. The second kappa shape index (κ2) is 5.78. The van der Waals surface area contributed by atoms with Crippen LogP contribution in [0, 0.1) is 0 Å². The average Bonchev–Trinajstić information content (AvgIpc) is 2.39. The quantitative estimate of drug-likeness (QED) is 0.780. The van der Waals surface area contributed by atoms with Crippen LogP contribution >= 0.6 is 0 Å². The summed E-state index contributed by atoms with van der Waals surface area (Å²) in [5.41, 5.74) is 1.72. The SMILES string of the molecule is FC(F)(F)CCOc1ccccc1-c1ccccc1. The van der Waals surface area contributed by atoms with Crippen LogP contribution in [0.3, 0.4) is 0 Å². The third kappa shape index (κ3) is 4.02. The van der Waals surface area contributed by atoms with Crippen LogP contribution in [-0.2, 0) is 0 Å². The summed E-state index contributed by atoms with van der Waals surface area (Å²) in [7, 11) is 0. The molecule has 0 aromatic heterocycles. The van der Waals surface area contributed by atoms with E-state index < -0.39 is 12.6 Å². The van der Waals surface area contributed by atoms with Crippen LogP contribution in [0.1, 0.15) is 6.42 Å². The average molecular weight is 266 g/mol. The Morgan fingerprint density at radius 3 is 2.16 bits per heavy atom. The van der Waals surface area contributed by atoms with Crippen molar-refractivity contribution >= 4 is 0 Å². The molecule has 4 heteroatoms. The molecule has 19 heavy (non-hydrogen) atoms. The highest BCUT2D eigenvalue weighted by Crippen LogP contribution is 2.30. The van der Waals surface area contributed by atoms with Crippen molar-refractivity contribution in [1.82, 2.24) is 0 Å². The first kappa shape index (κ1) is 13.5. The van der Waals surface area contributed by atoms with Crippen molar-refractivity contribution in [1.29, 1.82) is 0 Å². The molecule has 0 N–H and O–H groups in total. The summed E-state index contributed by atoms with van der Waals surface area (Å²) in [6.45, 7) is -0.368. The molecule has 0 fully saturated rings. The minimum absolute atomic E-state index is 0.368. The summed E-state index contributed by atoms with van der Waals surface area (Å²) in [5.74, 6) is 0.470. The smallest absolute Gasteiger partial charge is 0.392 e. The number of para-hydroxylation sites is 1. The van der Waals surface area contributed by atoms with Gasteiger partial charge in [0.1, 0.15) is 5.75 Å². The van der Waals surface area contributed by atoms with Gasteiger partial charge in [0.15, 0.2) is 0 Å². The second-order valence-corrected chi connectivity index (χ2v) is 4.08. The first-order valence-electron chi connectivity index (χ1n) is 5.90. The van der Waals surface area contributed by atoms with Crippen molar-refractivity contribution in [3.63, 3.8) is 0 Å². The molecule has 2 aromatic carbocycles. The lowest BCUT2D eigenvalue weighted by molar-refractivity contribution is -0.139. The van der Waals surface area contributed by atoms with Gasteiger partial charge in [0.25, 0.3) is 0 Å². The van der Waals surface area contributed by atoms with Gasteiger partial charge in [-0.15, -0.1) is 0 Å². The fourth-order valence-corrected chi connectivity index (χ4v) is 1.73. The van der Waals surface area contributed by atoms with Gasteiger partial charge >= 0.3 is 6.18 Å². The van der Waals surface area contributed by atoms with Crippen LogP contribution in [0.2, 0.25) is 0 Å². The zero-order valence-electron chi connectivity index (χ0n) is 10.2. The molecule has 0 atom stereocenters. The minimum Gasteiger partial charge on any atom is -0.493 e. The minimum atomic E-state index is -4.19. The predicted molar refractivity (Wildman–Crippen MR) is 68.0 cm³/mol. The molecule has 0 aliphatic heterocycles. The van der Waals surface area contributed by atoms with E-state index in [-0.39, 0.29) is 6.61 Å². The van der Waals surface area contributed by atoms with Gasteiger partial charge in [0.05, 0.1) is 13.0 Å². The number of ether oxygens (including phenoxy) is 1. The highest BCUT2D eigenvalue weighted by atomic mass is 19.4. The van der Waals surface area contributed by atoms with Gasteiger partial charge in [-0.25, -0.2) is 0 Å². The maximum Gasteiger partial charge on any atom is 0.392 e. The normalized spacial score (nSPS) is 11.3. The molecule has 0 spiro atoms. The molecule has 0 bridgehead atoms. The fraction of sp³-hybridized carbons (Fsp3) is 0.200. The Balaban J connectivity index is 2.14. The number of rotatable bonds is 4. The van der Waals surface area contributed by atoms with E-state index in [0.717, 1.165) is 11.1 Å². The fourth-order valence-electron chi connectivity index (χ4n) is 1.73. The lowest BCUT2D eigenvalue weighted by Gasteiger charge is -2.12. The van der Waals surface area contributed by atoms with Gasteiger partial charge in [-0.05, 0) is 11.6 Å². The van der Waals surface area contributed by atoms with Gasteiger partial charge < -0.3 is 4.74 Å². The third-order valence-electron chi connectivity index (χ3n) is 2.61. The molecule has 0 aliphatic rings. The molecule has 0 aliphatic carbocycles. The van der Waals surface area contributed by atoms with Crippen LogP contribution in [-0.4, -0.2) is 12.8 Å². The Morgan fingerprint density at radius 2 is 1.47 bits per heavy atom. The zero-order valence-corrected chi connectivity index (χ0v) is 10.2. The molecule has 0 amide bonds. The third-order valence-corrected chi connectivity index (χ3v) is 2.61. The zero-order chi connectivity index (χ0) is 13.7. The standard InChI is InChI=1S/C15H13F3O/c16-15(17,18)10-11-19-14-9-5-4-8-13(14)12-6-2-1-3-7-12/h1-9H,10-11H2. The predicted octanol–water partition coefficient (Wildman–Crippen LogP) is 4.68. The van der Waals surface area contributed by atoms with Gasteiger partial charge in [0, 0.05) is 5.56 Å². The first-order chi connectivity index (χ1) is 9.06. The maximum absolute atomic E-state index is 12.1. The van der Waals surface area contributed by atoms with Crippen molar-refractivity contribution in [3.8, 4) is 16.9 Å². The molecule has 0 unspecified atom stereocenters. The largest absolute Gasteiger partial charge is 0.493 e. The molecule has 0 heterocycles. The summed E-state index contributed by atoms with van der Waals surface area (Å²) < 4.78 is 41.6. The van der Waals surface area contributed by atoms with Crippen LogP contribution in [0.4, 0.5) is 13.2 Å². The molecule has 1 nitrogen and oxygen atoms in total. The summed E-state index contributed by atoms with van der Waals surface area (Å²) in [5, 5.41) is 0. The number of halogens is 3. The second-order valence-electron chi connectivity index (χ2n) is 4.08. The van der Waals surface area contributed by atoms with Gasteiger partial charge in [-0.3, -0.25) is 0 Å². The van der Waals surface area contributed by atoms with E-state index in [2.05, 4.69) is 0 Å². The Morgan fingerprint density at radius 1 is 0.842 bits per heavy atom. The lowest BCUT2D eigenvalue weighted by Crippen LogP contribution is -2.13. The molecule has 0 saturated carbocycles. The Hall–Kier alpha value is -1.97. The maximum atomic E-state index is 12.1. The monoisotopic (exact) mass is 266 g/mol. The van der Waals surface area contributed by atoms with E-state index in [9.17, 15) is 13.2 Å². The molecule has 2 aromatic rings. The molecule has 100 valence electrons. The van der Waals surface area contributed by atoms with E-state index in [1.54, 1.807) is 12.1 Å². The van der Waals surface area contributed by atoms with Crippen molar-refractivity contribution in [2.75, 3.05) is 6.61 Å².